The van der Waals surface area contributed by atoms with E-state index >= 15 is 0 Å². The number of aromatic nitrogens is 1. The molecule has 20 heavy (non-hydrogen) atoms. The lowest BCUT2D eigenvalue weighted by molar-refractivity contribution is 0.0820. The quantitative estimate of drug-likeness (QED) is 0.791. The van der Waals surface area contributed by atoms with Crippen molar-refractivity contribution in [3.63, 3.8) is 0 Å². The van der Waals surface area contributed by atoms with Gasteiger partial charge in [0.2, 0.25) is 0 Å². The summed E-state index contributed by atoms with van der Waals surface area (Å²) in [7, 11) is 0. The van der Waals surface area contributed by atoms with Gasteiger partial charge in [-0.2, -0.15) is 0 Å². The van der Waals surface area contributed by atoms with Crippen molar-refractivity contribution in [2.24, 2.45) is 0 Å². The fraction of sp³-hybridized carbons (Fsp3) is 0.438. The highest BCUT2D eigenvalue weighted by Gasteiger charge is 2.19. The number of nitrogens with zero attached hydrogens (tertiary/aromatic N) is 2. The van der Waals surface area contributed by atoms with Crippen molar-refractivity contribution >= 4 is 28.3 Å². The van der Waals surface area contributed by atoms with Crippen molar-refractivity contribution in [3.8, 4) is 0 Å². The van der Waals surface area contributed by atoms with Crippen molar-refractivity contribution in [2.45, 2.75) is 25.3 Å². The first kappa shape index (κ1) is 13.7. The maximum atomic E-state index is 6.13. The monoisotopic (exact) mass is 290 g/mol. The molecule has 2 aromatic rings. The van der Waals surface area contributed by atoms with E-state index in [-0.39, 0.29) is 6.10 Å². The summed E-state index contributed by atoms with van der Waals surface area (Å²) in [5.41, 5.74) is 2.12. The Balaban J connectivity index is 2.04. The molecule has 1 saturated heterocycles. The molecule has 1 unspecified atom stereocenters. The van der Waals surface area contributed by atoms with Crippen LogP contribution in [0.1, 0.15) is 18.9 Å². The lowest BCUT2D eigenvalue weighted by Gasteiger charge is -2.25. The fourth-order valence-corrected chi connectivity index (χ4v) is 2.91. The number of pyridine rings is 1. The zero-order valence-corrected chi connectivity index (χ0v) is 12.4. The number of anilines is 1. The molecule has 1 fully saturated rings. The molecule has 0 saturated carbocycles. The number of hydrogen-bond acceptors (Lipinski definition) is 3. The van der Waals surface area contributed by atoms with E-state index in [0.29, 0.717) is 5.88 Å². The molecule has 1 aromatic heterocycles. The molecule has 1 aromatic carbocycles. The third kappa shape index (κ3) is 2.74. The molecule has 0 N–H and O–H groups in total. The number of fused-ring (bicyclic) bond motifs is 1. The van der Waals surface area contributed by atoms with Crippen molar-refractivity contribution < 1.29 is 4.74 Å². The second kappa shape index (κ2) is 5.98. The van der Waals surface area contributed by atoms with E-state index in [1.54, 1.807) is 0 Å². The summed E-state index contributed by atoms with van der Waals surface area (Å²) in [5, 5.41) is 1.14. The number of alkyl halides is 1. The van der Waals surface area contributed by atoms with E-state index in [9.17, 15) is 0 Å². The van der Waals surface area contributed by atoms with Crippen LogP contribution in [0.3, 0.4) is 0 Å². The van der Waals surface area contributed by atoms with Crippen molar-refractivity contribution in [1.82, 2.24) is 4.98 Å². The van der Waals surface area contributed by atoms with Gasteiger partial charge in [0.05, 0.1) is 17.5 Å². The van der Waals surface area contributed by atoms with E-state index in [1.807, 2.05) is 12.1 Å². The number of benzene rings is 1. The normalized spacial score (nSPS) is 20.1. The Morgan fingerprint density at radius 2 is 2.25 bits per heavy atom. The van der Waals surface area contributed by atoms with Gasteiger partial charge in [-0.3, -0.25) is 0 Å². The van der Waals surface area contributed by atoms with Crippen LogP contribution in [0.25, 0.3) is 10.9 Å². The zero-order valence-electron chi connectivity index (χ0n) is 11.7. The average molecular weight is 291 g/mol. The van der Waals surface area contributed by atoms with Crippen LogP contribution in [0.2, 0.25) is 0 Å². The van der Waals surface area contributed by atoms with E-state index in [1.165, 1.54) is 0 Å². The first-order valence-electron chi connectivity index (χ1n) is 7.09. The van der Waals surface area contributed by atoms with E-state index in [0.717, 1.165) is 48.4 Å². The Morgan fingerprint density at radius 1 is 1.40 bits per heavy atom. The number of ether oxygens (including phenoxy) is 1. The molecule has 2 heterocycles. The van der Waals surface area contributed by atoms with Gasteiger partial charge >= 0.3 is 0 Å². The van der Waals surface area contributed by atoms with Crippen LogP contribution in [0, 0.1) is 0 Å². The van der Waals surface area contributed by atoms with Crippen LogP contribution in [-0.4, -0.2) is 30.8 Å². The van der Waals surface area contributed by atoms with Gasteiger partial charge < -0.3 is 9.64 Å². The first-order valence-corrected chi connectivity index (χ1v) is 7.62. The van der Waals surface area contributed by atoms with E-state index in [4.69, 9.17) is 21.3 Å². The molecule has 0 amide bonds. The Kier molecular flexibility index (Phi) is 4.08. The minimum atomic E-state index is 0.231. The molecular formula is C16H19ClN2O. The highest BCUT2D eigenvalue weighted by molar-refractivity contribution is 6.17. The third-order valence-corrected chi connectivity index (χ3v) is 3.96. The summed E-state index contributed by atoms with van der Waals surface area (Å²) < 4.78 is 5.71. The maximum absolute atomic E-state index is 6.13. The summed E-state index contributed by atoms with van der Waals surface area (Å²) in [6.45, 7) is 4.77. The minimum Gasteiger partial charge on any atom is -0.377 e. The molecular weight excluding hydrogens is 272 g/mol. The molecule has 1 aliphatic rings. The van der Waals surface area contributed by atoms with Crippen molar-refractivity contribution in [3.05, 3.63) is 35.9 Å². The third-order valence-electron chi connectivity index (χ3n) is 3.68. The lowest BCUT2D eigenvalue weighted by Crippen LogP contribution is -2.31. The molecule has 3 nitrogen and oxygen atoms in total. The molecule has 0 radical (unpaired) electrons. The largest absolute Gasteiger partial charge is 0.377 e. The smallest absolute Gasteiger partial charge is 0.133 e. The molecule has 106 valence electrons. The molecule has 3 rings (SSSR count). The maximum Gasteiger partial charge on any atom is 0.133 e. The Hall–Kier alpha value is -1.32. The number of rotatable bonds is 2. The van der Waals surface area contributed by atoms with Gasteiger partial charge in [-0.15, -0.1) is 11.6 Å². The molecule has 0 aliphatic carbocycles. The number of hydrogen-bond donors (Lipinski definition) is 0. The van der Waals surface area contributed by atoms with Crippen molar-refractivity contribution in [1.29, 1.82) is 0 Å². The zero-order chi connectivity index (χ0) is 13.9. The summed E-state index contributed by atoms with van der Waals surface area (Å²) in [4.78, 5) is 7.14. The van der Waals surface area contributed by atoms with Gasteiger partial charge in [0.15, 0.2) is 0 Å². The molecule has 1 aliphatic heterocycles. The van der Waals surface area contributed by atoms with Gasteiger partial charge in [0.25, 0.3) is 0 Å². The SMILES string of the molecule is CC1CN(c2nc3ccccc3cc2CCl)CCCO1. The summed E-state index contributed by atoms with van der Waals surface area (Å²) in [6.07, 6.45) is 1.26. The molecule has 0 bridgehead atoms. The van der Waals surface area contributed by atoms with Crippen LogP contribution >= 0.6 is 11.6 Å². The predicted molar refractivity (Wildman–Crippen MR) is 83.5 cm³/mol. The van der Waals surface area contributed by atoms with Gasteiger partial charge in [0.1, 0.15) is 5.82 Å². The van der Waals surface area contributed by atoms with Gasteiger partial charge in [-0.25, -0.2) is 4.98 Å². The van der Waals surface area contributed by atoms with Crippen LogP contribution in [0.5, 0.6) is 0 Å². The van der Waals surface area contributed by atoms with E-state index < -0.39 is 0 Å². The van der Waals surface area contributed by atoms with Gasteiger partial charge in [-0.1, -0.05) is 18.2 Å². The average Bonchev–Trinajstić information content (AvgIpc) is 2.70. The highest BCUT2D eigenvalue weighted by Crippen LogP contribution is 2.26. The number of halogens is 1. The lowest BCUT2D eigenvalue weighted by atomic mass is 10.1. The Labute approximate surface area is 124 Å². The molecule has 0 spiro atoms. The van der Waals surface area contributed by atoms with Crippen molar-refractivity contribution in [2.75, 3.05) is 24.6 Å². The Bertz CT molecular complexity index is 602. The van der Waals surface area contributed by atoms with Gasteiger partial charge in [-0.05, 0) is 25.5 Å². The second-order valence-electron chi connectivity index (χ2n) is 5.28. The van der Waals surface area contributed by atoms with E-state index in [2.05, 4.69) is 30.0 Å². The summed E-state index contributed by atoms with van der Waals surface area (Å²) in [6, 6.07) is 10.3. The minimum absolute atomic E-state index is 0.231. The van der Waals surface area contributed by atoms with Crippen LogP contribution < -0.4 is 4.90 Å². The standard InChI is InChI=1S/C16H19ClN2O/c1-12-11-19(7-4-8-20-12)16-14(10-17)9-13-5-2-3-6-15(13)18-16/h2-3,5-6,9,12H,4,7-8,10-11H2,1H3. The fourth-order valence-electron chi connectivity index (χ4n) is 2.71. The van der Waals surface area contributed by atoms with Crippen LogP contribution in [0.15, 0.2) is 30.3 Å². The first-order chi connectivity index (χ1) is 9.78. The molecule has 1 atom stereocenters. The van der Waals surface area contributed by atoms with Crippen LogP contribution in [-0.2, 0) is 10.6 Å². The topological polar surface area (TPSA) is 25.4 Å². The number of para-hydroxylation sites is 1. The Morgan fingerprint density at radius 3 is 3.10 bits per heavy atom. The summed E-state index contributed by atoms with van der Waals surface area (Å²) in [5.74, 6) is 1.50. The molecule has 4 heteroatoms. The second-order valence-corrected chi connectivity index (χ2v) is 5.55. The van der Waals surface area contributed by atoms with Gasteiger partial charge in [0, 0.05) is 30.6 Å². The highest BCUT2D eigenvalue weighted by atomic mass is 35.5. The van der Waals surface area contributed by atoms with Crippen LogP contribution in [0.4, 0.5) is 5.82 Å². The predicted octanol–water partition coefficient (Wildman–Crippen LogP) is 3.59. The summed E-state index contributed by atoms with van der Waals surface area (Å²) >= 11 is 6.13.